The first-order valence-electron chi connectivity index (χ1n) is 6.07. The maximum atomic E-state index is 5.75. The van der Waals surface area contributed by atoms with Gasteiger partial charge in [-0.25, -0.2) is 0 Å². The van der Waals surface area contributed by atoms with Crippen molar-refractivity contribution in [3.8, 4) is 0 Å². The highest BCUT2D eigenvalue weighted by Crippen LogP contribution is 2.12. The maximum absolute atomic E-state index is 5.75. The Morgan fingerprint density at radius 3 is 2.47 bits per heavy atom. The highest BCUT2D eigenvalue weighted by atomic mass is 16.5. The van der Waals surface area contributed by atoms with Crippen molar-refractivity contribution >= 4 is 0 Å². The monoisotopic (exact) mass is 236 g/mol. The molecule has 1 aromatic carbocycles. The van der Waals surface area contributed by atoms with Crippen LogP contribution in [0.4, 0.5) is 0 Å². The summed E-state index contributed by atoms with van der Waals surface area (Å²) < 4.78 is 5.75. The van der Waals surface area contributed by atoms with E-state index in [9.17, 15) is 0 Å². The molecule has 0 fully saturated rings. The van der Waals surface area contributed by atoms with Crippen LogP contribution in [0, 0.1) is 6.92 Å². The fourth-order valence-corrected chi connectivity index (χ4v) is 1.62. The summed E-state index contributed by atoms with van der Waals surface area (Å²) in [5, 5.41) is 0. The molecule has 1 aromatic rings. The summed E-state index contributed by atoms with van der Waals surface area (Å²) in [6.07, 6.45) is 0.888. The number of aryl methyl sites for hydroxylation is 1. The summed E-state index contributed by atoms with van der Waals surface area (Å²) in [5.74, 6) is 5.57. The lowest BCUT2D eigenvalue weighted by Crippen LogP contribution is -2.42. The lowest BCUT2D eigenvalue weighted by atomic mass is 10.0. The molecule has 3 N–H and O–H groups in total. The number of nitrogens with one attached hydrogen (secondary N) is 1. The van der Waals surface area contributed by atoms with E-state index in [0.29, 0.717) is 6.61 Å². The first kappa shape index (κ1) is 14.2. The molecule has 0 aliphatic heterocycles. The Hall–Kier alpha value is -0.900. The van der Waals surface area contributed by atoms with Gasteiger partial charge in [0.2, 0.25) is 0 Å². The van der Waals surface area contributed by atoms with E-state index in [1.165, 1.54) is 11.1 Å². The molecule has 0 bridgehead atoms. The molecule has 0 radical (unpaired) electrons. The van der Waals surface area contributed by atoms with E-state index >= 15 is 0 Å². The summed E-state index contributed by atoms with van der Waals surface area (Å²) in [4.78, 5) is 0. The third kappa shape index (κ3) is 5.31. The van der Waals surface area contributed by atoms with Crippen molar-refractivity contribution in [3.05, 3.63) is 35.4 Å². The van der Waals surface area contributed by atoms with Crippen LogP contribution >= 0.6 is 0 Å². The first-order valence-corrected chi connectivity index (χ1v) is 6.07. The molecule has 0 heterocycles. The average molecular weight is 236 g/mol. The van der Waals surface area contributed by atoms with E-state index in [1.54, 1.807) is 0 Å². The van der Waals surface area contributed by atoms with Gasteiger partial charge in [-0.05, 0) is 45.2 Å². The van der Waals surface area contributed by atoms with Crippen LogP contribution < -0.4 is 11.3 Å². The predicted molar refractivity (Wildman–Crippen MR) is 71.7 cm³/mol. The van der Waals surface area contributed by atoms with Crippen LogP contribution in [0.5, 0.6) is 0 Å². The second-order valence-electron chi connectivity index (χ2n) is 5.42. The number of hydrazine groups is 1. The van der Waals surface area contributed by atoms with E-state index in [0.717, 1.165) is 6.42 Å². The van der Waals surface area contributed by atoms with E-state index in [2.05, 4.69) is 36.6 Å². The van der Waals surface area contributed by atoms with Crippen LogP contribution in [0.15, 0.2) is 24.3 Å². The highest BCUT2D eigenvalue weighted by molar-refractivity contribution is 5.26. The van der Waals surface area contributed by atoms with Crippen LogP contribution in [0.3, 0.4) is 0 Å². The molecule has 1 unspecified atom stereocenters. The minimum atomic E-state index is -0.124. The molecular formula is C14H24N2O. The third-order valence-corrected chi connectivity index (χ3v) is 2.68. The SMILES string of the molecule is Cc1ccccc1CC(COC(C)(C)C)NN. The predicted octanol–water partition coefficient (Wildman–Crippen LogP) is 2.18. The molecule has 0 aromatic heterocycles. The smallest absolute Gasteiger partial charge is 0.0643 e. The van der Waals surface area contributed by atoms with E-state index in [4.69, 9.17) is 10.6 Å². The van der Waals surface area contributed by atoms with E-state index < -0.39 is 0 Å². The number of rotatable bonds is 5. The average Bonchev–Trinajstić information content (AvgIpc) is 2.25. The summed E-state index contributed by atoms with van der Waals surface area (Å²) >= 11 is 0. The molecule has 1 atom stereocenters. The van der Waals surface area contributed by atoms with Gasteiger partial charge in [0.05, 0.1) is 12.2 Å². The van der Waals surface area contributed by atoms with Crippen molar-refractivity contribution in [2.45, 2.75) is 45.8 Å². The molecule has 0 saturated heterocycles. The Bertz CT molecular complexity index is 344. The molecule has 96 valence electrons. The van der Waals surface area contributed by atoms with Crippen LogP contribution in [-0.2, 0) is 11.2 Å². The lowest BCUT2D eigenvalue weighted by molar-refractivity contribution is -0.0143. The van der Waals surface area contributed by atoms with Crippen molar-refractivity contribution in [1.82, 2.24) is 5.43 Å². The zero-order valence-corrected chi connectivity index (χ0v) is 11.3. The summed E-state index contributed by atoms with van der Waals surface area (Å²) in [6.45, 7) is 8.89. The lowest BCUT2D eigenvalue weighted by Gasteiger charge is -2.24. The largest absolute Gasteiger partial charge is 0.374 e. The molecular weight excluding hydrogens is 212 g/mol. The van der Waals surface area contributed by atoms with Gasteiger partial charge in [-0.2, -0.15) is 0 Å². The number of nitrogens with two attached hydrogens (primary N) is 1. The second kappa shape index (κ2) is 6.15. The summed E-state index contributed by atoms with van der Waals surface area (Å²) in [5.41, 5.74) is 5.31. The number of hydrogen-bond donors (Lipinski definition) is 2. The van der Waals surface area contributed by atoms with Crippen molar-refractivity contribution in [1.29, 1.82) is 0 Å². The van der Waals surface area contributed by atoms with Crippen LogP contribution in [0.25, 0.3) is 0 Å². The molecule has 17 heavy (non-hydrogen) atoms. The zero-order valence-electron chi connectivity index (χ0n) is 11.3. The summed E-state index contributed by atoms with van der Waals surface area (Å²) in [7, 11) is 0. The van der Waals surface area contributed by atoms with Gasteiger partial charge in [-0.1, -0.05) is 24.3 Å². The Morgan fingerprint density at radius 1 is 1.29 bits per heavy atom. The third-order valence-electron chi connectivity index (χ3n) is 2.68. The van der Waals surface area contributed by atoms with E-state index in [-0.39, 0.29) is 11.6 Å². The number of benzene rings is 1. The van der Waals surface area contributed by atoms with Crippen molar-refractivity contribution in [2.75, 3.05) is 6.61 Å². The van der Waals surface area contributed by atoms with Crippen LogP contribution in [-0.4, -0.2) is 18.2 Å². The highest BCUT2D eigenvalue weighted by Gasteiger charge is 2.15. The minimum absolute atomic E-state index is 0.124. The first-order chi connectivity index (χ1) is 7.92. The minimum Gasteiger partial charge on any atom is -0.374 e. The second-order valence-corrected chi connectivity index (χ2v) is 5.42. The molecule has 0 aliphatic rings. The van der Waals surface area contributed by atoms with Gasteiger partial charge in [0.25, 0.3) is 0 Å². The van der Waals surface area contributed by atoms with Gasteiger partial charge in [-0.15, -0.1) is 0 Å². The standard InChI is InChI=1S/C14H24N2O/c1-11-7-5-6-8-12(11)9-13(16-15)10-17-14(2,3)4/h5-8,13,16H,9-10,15H2,1-4H3. The Morgan fingerprint density at radius 2 is 1.94 bits per heavy atom. The molecule has 1 rings (SSSR count). The van der Waals surface area contributed by atoms with Crippen molar-refractivity contribution in [2.24, 2.45) is 5.84 Å². The Kier molecular flexibility index (Phi) is 5.12. The van der Waals surface area contributed by atoms with Gasteiger partial charge in [0.15, 0.2) is 0 Å². The molecule has 3 heteroatoms. The van der Waals surface area contributed by atoms with Gasteiger partial charge >= 0.3 is 0 Å². The van der Waals surface area contributed by atoms with Gasteiger partial charge in [-0.3, -0.25) is 11.3 Å². The van der Waals surface area contributed by atoms with Crippen LogP contribution in [0.1, 0.15) is 31.9 Å². The molecule has 3 nitrogen and oxygen atoms in total. The van der Waals surface area contributed by atoms with E-state index in [1.807, 2.05) is 20.8 Å². The van der Waals surface area contributed by atoms with Gasteiger partial charge in [0, 0.05) is 6.04 Å². The maximum Gasteiger partial charge on any atom is 0.0643 e. The number of hydrogen-bond acceptors (Lipinski definition) is 3. The molecule has 0 spiro atoms. The molecule has 0 aliphatic carbocycles. The quantitative estimate of drug-likeness (QED) is 0.608. The Balaban J connectivity index is 2.56. The fourth-order valence-electron chi connectivity index (χ4n) is 1.62. The molecule has 0 saturated carbocycles. The van der Waals surface area contributed by atoms with Crippen molar-refractivity contribution in [3.63, 3.8) is 0 Å². The fraction of sp³-hybridized carbons (Fsp3) is 0.571. The molecule has 0 amide bonds. The zero-order chi connectivity index (χ0) is 12.9. The summed E-state index contributed by atoms with van der Waals surface area (Å²) in [6, 6.07) is 8.51. The Labute approximate surface area is 104 Å². The van der Waals surface area contributed by atoms with Gasteiger partial charge < -0.3 is 4.74 Å². The topological polar surface area (TPSA) is 47.3 Å². The van der Waals surface area contributed by atoms with Crippen molar-refractivity contribution < 1.29 is 4.74 Å². The van der Waals surface area contributed by atoms with Gasteiger partial charge in [0.1, 0.15) is 0 Å². The normalized spacial score (nSPS) is 13.7. The number of ether oxygens (including phenoxy) is 1. The van der Waals surface area contributed by atoms with Crippen LogP contribution in [0.2, 0.25) is 0 Å².